The van der Waals surface area contributed by atoms with Crippen molar-refractivity contribution >= 4 is 52.3 Å². The Labute approximate surface area is 156 Å². The Kier molecular flexibility index (Phi) is 4.77. The first kappa shape index (κ1) is 17.2. The maximum atomic E-state index is 6.40. The molecule has 3 aromatic rings. The van der Waals surface area contributed by atoms with E-state index in [2.05, 4.69) is 46.5 Å². The van der Waals surface area contributed by atoms with Crippen molar-refractivity contribution in [2.75, 3.05) is 13.1 Å². The van der Waals surface area contributed by atoms with Gasteiger partial charge in [-0.15, -0.1) is 12.4 Å². The third-order valence-corrected chi connectivity index (χ3v) is 4.56. The molecule has 2 aromatic carbocycles. The van der Waals surface area contributed by atoms with Gasteiger partial charge in [0.2, 0.25) is 0 Å². The number of halogens is 3. The van der Waals surface area contributed by atoms with E-state index >= 15 is 0 Å². The van der Waals surface area contributed by atoms with Gasteiger partial charge in [0.25, 0.3) is 0 Å². The third kappa shape index (κ3) is 2.88. The van der Waals surface area contributed by atoms with Crippen molar-refractivity contribution in [3.8, 4) is 11.3 Å². The van der Waals surface area contributed by atoms with E-state index in [1.54, 1.807) is 6.07 Å². The summed E-state index contributed by atoms with van der Waals surface area (Å²) < 4.78 is 0. The van der Waals surface area contributed by atoms with Gasteiger partial charge in [-0.3, -0.25) is 4.99 Å². The largest absolute Gasteiger partial charge is 0.368 e. The molecule has 0 fully saturated rings. The van der Waals surface area contributed by atoms with Crippen LogP contribution >= 0.6 is 35.6 Å². The maximum Gasteiger partial charge on any atom is 0.131 e. The lowest BCUT2D eigenvalue weighted by Gasteiger charge is -2.07. The highest BCUT2D eigenvalue weighted by Crippen LogP contribution is 2.36. The van der Waals surface area contributed by atoms with Crippen LogP contribution in [0.1, 0.15) is 11.1 Å². The number of aryl methyl sites for hydroxylation is 1. The molecular weight excluding hydrogens is 365 g/mol. The second-order valence-electron chi connectivity index (χ2n) is 5.71. The number of hydrogen-bond acceptors (Lipinski definition) is 2. The summed E-state index contributed by atoms with van der Waals surface area (Å²) in [6.45, 7) is 3.72. The minimum Gasteiger partial charge on any atom is -0.368 e. The molecule has 6 heteroatoms. The van der Waals surface area contributed by atoms with Crippen molar-refractivity contribution < 1.29 is 0 Å². The van der Waals surface area contributed by atoms with E-state index in [0.717, 1.165) is 46.6 Å². The second kappa shape index (κ2) is 6.67. The average Bonchev–Trinajstić information content (AvgIpc) is 3.13. The molecule has 4 rings (SSSR count). The number of fused-ring (bicyclic) bond motifs is 1. The molecule has 24 heavy (non-hydrogen) atoms. The number of hydrogen-bond donors (Lipinski definition) is 2. The van der Waals surface area contributed by atoms with Crippen LogP contribution < -0.4 is 5.32 Å². The Morgan fingerprint density at radius 2 is 1.96 bits per heavy atom. The molecule has 3 nitrogen and oxygen atoms in total. The number of H-pyrrole nitrogens is 1. The average molecular weight is 381 g/mol. The maximum absolute atomic E-state index is 6.40. The molecule has 2 N–H and O–H groups in total. The number of aliphatic imine (C=N–C) groups is 1. The minimum atomic E-state index is 0. The van der Waals surface area contributed by atoms with Gasteiger partial charge in [0.05, 0.1) is 22.8 Å². The van der Waals surface area contributed by atoms with E-state index in [4.69, 9.17) is 23.2 Å². The van der Waals surface area contributed by atoms with Crippen LogP contribution in [0.2, 0.25) is 10.0 Å². The van der Waals surface area contributed by atoms with Crippen molar-refractivity contribution in [2.24, 2.45) is 4.99 Å². The number of aromatic amines is 1. The zero-order chi connectivity index (χ0) is 16.0. The van der Waals surface area contributed by atoms with Crippen LogP contribution in [0.25, 0.3) is 22.2 Å². The molecule has 0 aliphatic carbocycles. The molecule has 0 bridgehead atoms. The lowest BCUT2D eigenvalue weighted by Crippen LogP contribution is -2.19. The fourth-order valence-corrected chi connectivity index (χ4v) is 3.59. The van der Waals surface area contributed by atoms with Crippen LogP contribution in [0.5, 0.6) is 0 Å². The topological polar surface area (TPSA) is 40.2 Å². The SMILES string of the molecule is Cc1cccc(-c2[nH]c3c(Cl)cc(Cl)cc3c2C2=NCCN2)c1.Cl. The van der Waals surface area contributed by atoms with Gasteiger partial charge in [-0.1, -0.05) is 47.0 Å². The number of nitrogens with zero attached hydrogens (tertiary/aromatic N) is 1. The van der Waals surface area contributed by atoms with Crippen molar-refractivity contribution in [1.82, 2.24) is 10.3 Å². The number of nitrogens with one attached hydrogen (secondary N) is 2. The minimum absolute atomic E-state index is 0. The van der Waals surface area contributed by atoms with Crippen LogP contribution in [-0.4, -0.2) is 23.9 Å². The van der Waals surface area contributed by atoms with Gasteiger partial charge in [0, 0.05) is 22.5 Å². The number of amidine groups is 1. The Morgan fingerprint density at radius 1 is 1.12 bits per heavy atom. The van der Waals surface area contributed by atoms with Gasteiger partial charge >= 0.3 is 0 Å². The predicted octanol–water partition coefficient (Wildman–Crippen LogP) is 5.22. The monoisotopic (exact) mass is 379 g/mol. The van der Waals surface area contributed by atoms with E-state index < -0.39 is 0 Å². The molecular formula is C18H16Cl3N3. The predicted molar refractivity (Wildman–Crippen MR) is 105 cm³/mol. The van der Waals surface area contributed by atoms with Gasteiger partial charge in [-0.2, -0.15) is 0 Å². The first-order chi connectivity index (χ1) is 11.1. The van der Waals surface area contributed by atoms with Crippen LogP contribution in [0, 0.1) is 6.92 Å². The zero-order valence-electron chi connectivity index (χ0n) is 13.0. The zero-order valence-corrected chi connectivity index (χ0v) is 15.3. The Hall–Kier alpha value is -1.68. The van der Waals surface area contributed by atoms with Crippen molar-refractivity contribution in [1.29, 1.82) is 0 Å². The first-order valence-electron chi connectivity index (χ1n) is 7.50. The quantitative estimate of drug-likeness (QED) is 0.628. The van der Waals surface area contributed by atoms with Gasteiger partial charge < -0.3 is 10.3 Å². The fourth-order valence-electron chi connectivity index (χ4n) is 3.05. The summed E-state index contributed by atoms with van der Waals surface area (Å²) in [5, 5.41) is 5.59. The number of aromatic nitrogens is 1. The summed E-state index contributed by atoms with van der Waals surface area (Å²) in [6, 6.07) is 12.1. The molecule has 1 aliphatic rings. The fraction of sp³-hybridized carbons (Fsp3) is 0.167. The van der Waals surface area contributed by atoms with Gasteiger partial charge in [0.15, 0.2) is 0 Å². The van der Waals surface area contributed by atoms with E-state index in [9.17, 15) is 0 Å². The lowest BCUT2D eigenvalue weighted by atomic mass is 10.0. The molecule has 1 aliphatic heterocycles. The van der Waals surface area contributed by atoms with Crippen LogP contribution in [0.3, 0.4) is 0 Å². The van der Waals surface area contributed by atoms with E-state index in [-0.39, 0.29) is 12.4 Å². The molecule has 124 valence electrons. The van der Waals surface area contributed by atoms with Crippen molar-refractivity contribution in [3.63, 3.8) is 0 Å². The number of benzene rings is 2. The third-order valence-electron chi connectivity index (χ3n) is 4.04. The van der Waals surface area contributed by atoms with Crippen LogP contribution in [0.15, 0.2) is 41.4 Å². The van der Waals surface area contributed by atoms with Crippen LogP contribution in [0.4, 0.5) is 0 Å². The Bertz CT molecular complexity index is 944. The summed E-state index contributed by atoms with van der Waals surface area (Å²) in [5.74, 6) is 0.895. The standard InChI is InChI=1S/C18H15Cl2N3.ClH/c1-10-3-2-4-11(7-10)16-15(18-21-5-6-22-18)13-8-12(19)9-14(20)17(13)23-16;/h2-4,7-9,23H,5-6H2,1H3,(H,21,22);1H. The molecule has 1 aromatic heterocycles. The summed E-state index contributed by atoms with van der Waals surface area (Å²) in [4.78, 5) is 8.06. The lowest BCUT2D eigenvalue weighted by molar-refractivity contribution is 0.960. The van der Waals surface area contributed by atoms with E-state index in [1.807, 2.05) is 6.07 Å². The highest BCUT2D eigenvalue weighted by molar-refractivity contribution is 6.39. The highest BCUT2D eigenvalue weighted by Gasteiger charge is 2.21. The van der Waals surface area contributed by atoms with E-state index in [0.29, 0.717) is 10.0 Å². The van der Waals surface area contributed by atoms with Crippen molar-refractivity contribution in [3.05, 3.63) is 57.6 Å². The molecule has 0 saturated heterocycles. The molecule has 0 saturated carbocycles. The van der Waals surface area contributed by atoms with Gasteiger partial charge in [-0.05, 0) is 30.7 Å². The Balaban J connectivity index is 0.00000169. The molecule has 0 unspecified atom stereocenters. The Morgan fingerprint density at radius 3 is 2.67 bits per heavy atom. The molecule has 0 spiro atoms. The molecule has 0 atom stereocenters. The summed E-state index contributed by atoms with van der Waals surface area (Å²) in [6.07, 6.45) is 0. The summed E-state index contributed by atoms with van der Waals surface area (Å²) >= 11 is 12.6. The smallest absolute Gasteiger partial charge is 0.131 e. The van der Waals surface area contributed by atoms with Crippen molar-refractivity contribution in [2.45, 2.75) is 6.92 Å². The first-order valence-corrected chi connectivity index (χ1v) is 8.25. The van der Waals surface area contributed by atoms with Gasteiger partial charge in [0.1, 0.15) is 5.84 Å². The molecule has 2 heterocycles. The van der Waals surface area contributed by atoms with Crippen LogP contribution in [-0.2, 0) is 0 Å². The second-order valence-corrected chi connectivity index (χ2v) is 6.56. The number of rotatable bonds is 2. The molecule has 0 radical (unpaired) electrons. The summed E-state index contributed by atoms with van der Waals surface area (Å²) in [7, 11) is 0. The van der Waals surface area contributed by atoms with Gasteiger partial charge in [-0.25, -0.2) is 0 Å². The highest BCUT2D eigenvalue weighted by atomic mass is 35.5. The summed E-state index contributed by atoms with van der Waals surface area (Å²) in [5.41, 5.74) is 5.25. The molecule has 0 amide bonds. The normalized spacial score (nSPS) is 13.5. The van der Waals surface area contributed by atoms with E-state index in [1.165, 1.54) is 5.56 Å².